The zero-order valence-corrected chi connectivity index (χ0v) is 9.73. The van der Waals surface area contributed by atoms with E-state index in [1.54, 1.807) is 0 Å². The van der Waals surface area contributed by atoms with Crippen molar-refractivity contribution in [2.75, 3.05) is 13.7 Å². The van der Waals surface area contributed by atoms with E-state index in [1.165, 1.54) is 11.9 Å². The van der Waals surface area contributed by atoms with Gasteiger partial charge >= 0.3 is 0 Å². The Morgan fingerprint density at radius 2 is 2.25 bits per heavy atom. The minimum Gasteiger partial charge on any atom is -0.377 e. The second kappa shape index (κ2) is 4.51. The molecule has 3 unspecified atom stereocenters. The van der Waals surface area contributed by atoms with Gasteiger partial charge in [0.15, 0.2) is 0 Å². The maximum atomic E-state index is 11.7. The second-order valence-corrected chi connectivity index (χ2v) is 4.55. The molecule has 90 valence electrons. The van der Waals surface area contributed by atoms with Crippen LogP contribution in [0.15, 0.2) is 0 Å². The first-order chi connectivity index (χ1) is 7.59. The highest BCUT2D eigenvalue weighted by atomic mass is 16.5. The lowest BCUT2D eigenvalue weighted by atomic mass is 10.1. The summed E-state index contributed by atoms with van der Waals surface area (Å²) in [4.78, 5) is 24.2. The number of hydrogen-bond donors (Lipinski definition) is 1. The summed E-state index contributed by atoms with van der Waals surface area (Å²) in [5.74, 6) is -0.239. The summed E-state index contributed by atoms with van der Waals surface area (Å²) in [6.45, 7) is 2.81. The number of carbonyl (C=O) groups excluding carboxylic acids is 2. The monoisotopic (exact) mass is 226 g/mol. The van der Waals surface area contributed by atoms with Crippen LogP contribution < -0.4 is 5.32 Å². The third-order valence-electron chi connectivity index (χ3n) is 3.37. The summed E-state index contributed by atoms with van der Waals surface area (Å²) in [6.07, 6.45) is 2.55. The van der Waals surface area contributed by atoms with Crippen LogP contribution in [0.3, 0.4) is 0 Å². The molecule has 2 saturated heterocycles. The Morgan fingerprint density at radius 1 is 1.50 bits per heavy atom. The number of nitrogens with one attached hydrogen (secondary N) is 1. The maximum absolute atomic E-state index is 11.7. The number of likely N-dealkylation sites (N-methyl/N-ethyl adjacent to an activating group) is 1. The molecule has 2 rings (SSSR count). The third kappa shape index (κ3) is 2.10. The lowest BCUT2D eigenvalue weighted by Gasteiger charge is -2.22. The molecule has 5 nitrogen and oxygen atoms in total. The van der Waals surface area contributed by atoms with E-state index in [9.17, 15) is 9.59 Å². The summed E-state index contributed by atoms with van der Waals surface area (Å²) < 4.78 is 5.54. The molecule has 0 spiro atoms. The molecule has 2 heterocycles. The van der Waals surface area contributed by atoms with E-state index >= 15 is 0 Å². The van der Waals surface area contributed by atoms with Gasteiger partial charge < -0.3 is 10.1 Å². The van der Waals surface area contributed by atoms with Crippen LogP contribution in [0, 0.1) is 0 Å². The highest BCUT2D eigenvalue weighted by Crippen LogP contribution is 2.18. The van der Waals surface area contributed by atoms with Crippen molar-refractivity contribution in [1.82, 2.24) is 10.2 Å². The first kappa shape index (κ1) is 11.5. The van der Waals surface area contributed by atoms with Crippen molar-refractivity contribution in [3.63, 3.8) is 0 Å². The van der Waals surface area contributed by atoms with E-state index in [2.05, 4.69) is 5.32 Å². The third-order valence-corrected chi connectivity index (χ3v) is 3.37. The van der Waals surface area contributed by atoms with Crippen LogP contribution in [0.2, 0.25) is 0 Å². The Balaban J connectivity index is 1.90. The number of nitrogens with zero attached hydrogens (tertiary/aromatic N) is 1. The van der Waals surface area contributed by atoms with Gasteiger partial charge in [-0.25, -0.2) is 0 Å². The molecule has 16 heavy (non-hydrogen) atoms. The lowest BCUT2D eigenvalue weighted by Crippen LogP contribution is -2.46. The SMILES string of the molecule is CC(NC1CC(=O)N(C)C1=O)C1CCCO1. The molecule has 5 heteroatoms. The van der Waals surface area contributed by atoms with Gasteiger partial charge in [0.05, 0.1) is 18.6 Å². The normalized spacial score (nSPS) is 32.5. The summed E-state index contributed by atoms with van der Waals surface area (Å²) in [6, 6.07) is -0.243. The van der Waals surface area contributed by atoms with Gasteiger partial charge in [-0.3, -0.25) is 14.5 Å². The van der Waals surface area contributed by atoms with Gasteiger partial charge in [-0.05, 0) is 19.8 Å². The van der Waals surface area contributed by atoms with Gasteiger partial charge in [0.25, 0.3) is 0 Å². The van der Waals surface area contributed by atoms with Gasteiger partial charge in [0.1, 0.15) is 0 Å². The molecule has 0 aromatic carbocycles. The minimum absolute atomic E-state index is 0.109. The average molecular weight is 226 g/mol. The van der Waals surface area contributed by atoms with Crippen molar-refractivity contribution < 1.29 is 14.3 Å². The molecule has 2 amide bonds. The smallest absolute Gasteiger partial charge is 0.246 e. The average Bonchev–Trinajstić information content (AvgIpc) is 2.85. The van der Waals surface area contributed by atoms with E-state index in [0.717, 1.165) is 19.4 Å². The quantitative estimate of drug-likeness (QED) is 0.683. The van der Waals surface area contributed by atoms with Crippen LogP contribution in [0.4, 0.5) is 0 Å². The molecule has 1 N–H and O–H groups in total. The van der Waals surface area contributed by atoms with Crippen molar-refractivity contribution in [2.24, 2.45) is 0 Å². The number of amides is 2. The Kier molecular flexibility index (Phi) is 3.25. The first-order valence-corrected chi connectivity index (χ1v) is 5.77. The van der Waals surface area contributed by atoms with Crippen LogP contribution in [-0.2, 0) is 14.3 Å². The zero-order valence-electron chi connectivity index (χ0n) is 9.73. The van der Waals surface area contributed by atoms with Crippen LogP contribution in [0.1, 0.15) is 26.2 Å². The predicted octanol–water partition coefficient (Wildman–Crippen LogP) is -0.0992. The molecule has 0 aromatic heterocycles. The van der Waals surface area contributed by atoms with Gasteiger partial charge in [-0.1, -0.05) is 0 Å². The van der Waals surface area contributed by atoms with Gasteiger partial charge in [-0.2, -0.15) is 0 Å². The van der Waals surface area contributed by atoms with Crippen LogP contribution >= 0.6 is 0 Å². The number of hydrogen-bond acceptors (Lipinski definition) is 4. The predicted molar refractivity (Wildman–Crippen MR) is 57.8 cm³/mol. The number of rotatable bonds is 3. The Bertz CT molecular complexity index is 300. The number of carbonyl (C=O) groups is 2. The van der Waals surface area contributed by atoms with Gasteiger partial charge in [-0.15, -0.1) is 0 Å². The summed E-state index contributed by atoms with van der Waals surface area (Å²) in [5, 5.41) is 3.19. The van der Waals surface area contributed by atoms with Crippen LogP contribution in [-0.4, -0.2) is 48.6 Å². The van der Waals surface area contributed by atoms with Gasteiger partial charge in [0.2, 0.25) is 11.8 Å². The molecule has 0 aromatic rings. The van der Waals surface area contributed by atoms with Gasteiger partial charge in [0, 0.05) is 19.7 Å². The van der Waals surface area contributed by atoms with E-state index in [4.69, 9.17) is 4.74 Å². The fourth-order valence-electron chi connectivity index (χ4n) is 2.31. The fraction of sp³-hybridized carbons (Fsp3) is 0.818. The summed E-state index contributed by atoms with van der Waals surface area (Å²) >= 11 is 0. The largest absolute Gasteiger partial charge is 0.377 e. The first-order valence-electron chi connectivity index (χ1n) is 5.77. The molecule has 0 radical (unpaired) electrons. The lowest BCUT2D eigenvalue weighted by molar-refractivity contribution is -0.137. The Morgan fingerprint density at radius 3 is 2.75 bits per heavy atom. The summed E-state index contributed by atoms with van der Waals surface area (Å²) in [5.41, 5.74) is 0. The summed E-state index contributed by atoms with van der Waals surface area (Å²) in [7, 11) is 1.53. The molecule has 2 aliphatic rings. The molecule has 2 aliphatic heterocycles. The molecular weight excluding hydrogens is 208 g/mol. The highest BCUT2D eigenvalue weighted by molar-refractivity contribution is 6.05. The zero-order chi connectivity index (χ0) is 11.7. The van der Waals surface area contributed by atoms with Crippen molar-refractivity contribution in [3.8, 4) is 0 Å². The minimum atomic E-state index is -0.364. The molecule has 3 atom stereocenters. The van der Waals surface area contributed by atoms with Crippen molar-refractivity contribution in [1.29, 1.82) is 0 Å². The Labute approximate surface area is 95.1 Å². The molecular formula is C11H18N2O3. The number of likely N-dealkylation sites (tertiary alicyclic amines) is 1. The molecule has 0 saturated carbocycles. The van der Waals surface area contributed by atoms with Crippen molar-refractivity contribution in [2.45, 2.75) is 44.4 Å². The second-order valence-electron chi connectivity index (χ2n) is 4.55. The van der Waals surface area contributed by atoms with Crippen molar-refractivity contribution >= 4 is 11.8 Å². The molecule has 2 fully saturated rings. The number of imide groups is 1. The van der Waals surface area contributed by atoms with E-state index in [1.807, 2.05) is 6.92 Å². The molecule has 0 bridgehead atoms. The maximum Gasteiger partial charge on any atom is 0.246 e. The molecule has 0 aliphatic carbocycles. The highest BCUT2D eigenvalue weighted by Gasteiger charge is 2.37. The number of ether oxygens (including phenoxy) is 1. The van der Waals surface area contributed by atoms with E-state index in [-0.39, 0.29) is 36.4 Å². The fourth-order valence-corrected chi connectivity index (χ4v) is 2.31. The topological polar surface area (TPSA) is 58.6 Å². The standard InChI is InChI=1S/C11H18N2O3/c1-7(9-4-3-5-16-9)12-8-6-10(14)13(2)11(8)15/h7-9,12H,3-6H2,1-2H3. The van der Waals surface area contributed by atoms with Crippen molar-refractivity contribution in [3.05, 3.63) is 0 Å². The van der Waals surface area contributed by atoms with E-state index in [0.29, 0.717) is 0 Å². The Hall–Kier alpha value is -0.940. The van der Waals surface area contributed by atoms with E-state index < -0.39 is 0 Å². The van der Waals surface area contributed by atoms with Crippen LogP contribution in [0.5, 0.6) is 0 Å². The van der Waals surface area contributed by atoms with Crippen LogP contribution in [0.25, 0.3) is 0 Å².